The summed E-state index contributed by atoms with van der Waals surface area (Å²) in [7, 11) is 1.62. The Balaban J connectivity index is 2.00. The Morgan fingerprint density at radius 1 is 1.58 bits per heavy atom. The van der Waals surface area contributed by atoms with Crippen LogP contribution < -0.4 is 0 Å². The van der Waals surface area contributed by atoms with Crippen LogP contribution in [0.1, 0.15) is 10.7 Å². The first kappa shape index (κ1) is 14.0. The maximum atomic E-state index is 12.1. The quantitative estimate of drug-likeness (QED) is 0.873. The zero-order valence-corrected chi connectivity index (χ0v) is 11.6. The highest BCUT2D eigenvalue weighted by Gasteiger charge is 2.38. The van der Waals surface area contributed by atoms with E-state index in [0.717, 1.165) is 10.7 Å². The van der Waals surface area contributed by atoms with Crippen molar-refractivity contribution in [2.24, 2.45) is 5.92 Å². The van der Waals surface area contributed by atoms with Gasteiger partial charge in [-0.05, 0) is 6.92 Å². The fourth-order valence-electron chi connectivity index (χ4n) is 2.11. The molecule has 0 aliphatic carbocycles. The minimum atomic E-state index is -0.924. The average Bonchev–Trinajstić information content (AvgIpc) is 2.97. The molecule has 2 rings (SSSR count). The van der Waals surface area contributed by atoms with Gasteiger partial charge in [-0.1, -0.05) is 0 Å². The molecule has 6 nitrogen and oxygen atoms in total. The van der Waals surface area contributed by atoms with Gasteiger partial charge in [-0.25, -0.2) is 4.98 Å². The van der Waals surface area contributed by atoms with Gasteiger partial charge in [-0.3, -0.25) is 9.59 Å². The monoisotopic (exact) mass is 284 g/mol. The smallest absolute Gasteiger partial charge is 0.311 e. The van der Waals surface area contributed by atoms with Crippen molar-refractivity contribution in [2.45, 2.75) is 19.4 Å². The summed E-state index contributed by atoms with van der Waals surface area (Å²) < 4.78 is 5.17. The highest BCUT2D eigenvalue weighted by Crippen LogP contribution is 2.20. The standard InChI is InChI=1S/C12H16N2O4S/c1-7-13-8(6-19-7)3-11(15)14(2)10-5-18-4-9(10)12(16)17/h6,9-10H,3-5H2,1-2H3,(H,16,17). The lowest BCUT2D eigenvalue weighted by Gasteiger charge is -2.26. The summed E-state index contributed by atoms with van der Waals surface area (Å²) in [5.41, 5.74) is 0.727. The molecule has 1 fully saturated rings. The second kappa shape index (κ2) is 5.66. The molecule has 1 N–H and O–H groups in total. The number of amides is 1. The molecule has 2 unspecified atom stereocenters. The molecule has 7 heteroatoms. The zero-order chi connectivity index (χ0) is 14.0. The summed E-state index contributed by atoms with van der Waals surface area (Å²) in [6.07, 6.45) is 0.198. The van der Waals surface area contributed by atoms with Crippen LogP contribution in [0, 0.1) is 12.8 Å². The molecule has 0 spiro atoms. The second-order valence-corrected chi connectivity index (χ2v) is 5.65. The van der Waals surface area contributed by atoms with E-state index in [1.807, 2.05) is 12.3 Å². The average molecular weight is 284 g/mol. The van der Waals surface area contributed by atoms with Gasteiger partial charge in [0.25, 0.3) is 0 Å². The summed E-state index contributed by atoms with van der Waals surface area (Å²) in [5.74, 6) is -1.70. The Bertz CT molecular complexity index is 488. The molecule has 1 aliphatic heterocycles. The van der Waals surface area contributed by atoms with Crippen molar-refractivity contribution in [2.75, 3.05) is 20.3 Å². The van der Waals surface area contributed by atoms with Crippen LogP contribution in [-0.2, 0) is 20.7 Å². The van der Waals surface area contributed by atoms with Crippen LogP contribution in [-0.4, -0.2) is 53.2 Å². The maximum Gasteiger partial charge on any atom is 0.311 e. The Kier molecular flexibility index (Phi) is 4.16. The van der Waals surface area contributed by atoms with Crippen molar-refractivity contribution in [3.05, 3.63) is 16.1 Å². The largest absolute Gasteiger partial charge is 0.481 e. The molecule has 0 saturated carbocycles. The van der Waals surface area contributed by atoms with Crippen molar-refractivity contribution in [1.29, 1.82) is 0 Å². The molecule has 1 aliphatic rings. The normalized spacial score (nSPS) is 22.4. The molecular formula is C12H16N2O4S. The molecule has 1 saturated heterocycles. The van der Waals surface area contributed by atoms with Crippen LogP contribution in [0.5, 0.6) is 0 Å². The maximum absolute atomic E-state index is 12.1. The van der Waals surface area contributed by atoms with Crippen LogP contribution >= 0.6 is 11.3 Å². The zero-order valence-electron chi connectivity index (χ0n) is 10.8. The first-order valence-corrected chi connectivity index (χ1v) is 6.84. The number of carboxylic acids is 1. The molecule has 2 atom stereocenters. The lowest BCUT2D eigenvalue weighted by Crippen LogP contribution is -2.44. The third-order valence-electron chi connectivity index (χ3n) is 3.26. The van der Waals surface area contributed by atoms with Gasteiger partial charge < -0.3 is 14.7 Å². The number of aryl methyl sites for hydroxylation is 1. The van der Waals surface area contributed by atoms with Crippen molar-refractivity contribution < 1.29 is 19.4 Å². The van der Waals surface area contributed by atoms with E-state index < -0.39 is 17.9 Å². The minimum Gasteiger partial charge on any atom is -0.481 e. The van der Waals surface area contributed by atoms with Gasteiger partial charge in [-0.15, -0.1) is 11.3 Å². The van der Waals surface area contributed by atoms with Crippen molar-refractivity contribution in [3.63, 3.8) is 0 Å². The fourth-order valence-corrected chi connectivity index (χ4v) is 2.73. The van der Waals surface area contributed by atoms with E-state index in [0.29, 0.717) is 0 Å². The number of rotatable bonds is 4. The lowest BCUT2D eigenvalue weighted by molar-refractivity contribution is -0.144. The van der Waals surface area contributed by atoms with Gasteiger partial charge in [0.2, 0.25) is 5.91 Å². The molecule has 1 amide bonds. The number of hydrogen-bond donors (Lipinski definition) is 1. The third kappa shape index (κ3) is 3.10. The summed E-state index contributed by atoms with van der Waals surface area (Å²) in [4.78, 5) is 28.9. The molecule has 1 aromatic heterocycles. The number of thiazole rings is 1. The molecule has 2 heterocycles. The van der Waals surface area contributed by atoms with E-state index in [-0.39, 0.29) is 25.5 Å². The van der Waals surface area contributed by atoms with E-state index in [9.17, 15) is 9.59 Å². The van der Waals surface area contributed by atoms with E-state index in [2.05, 4.69) is 4.98 Å². The topological polar surface area (TPSA) is 79.7 Å². The number of likely N-dealkylation sites (N-methyl/N-ethyl adjacent to an activating group) is 1. The first-order valence-electron chi connectivity index (χ1n) is 5.96. The number of carbonyl (C=O) groups is 2. The van der Waals surface area contributed by atoms with Crippen LogP contribution in [0.15, 0.2) is 5.38 Å². The molecule has 0 radical (unpaired) electrons. The number of carboxylic acid groups (broad SMARTS) is 1. The molecule has 19 heavy (non-hydrogen) atoms. The van der Waals surface area contributed by atoms with Gasteiger partial charge in [-0.2, -0.15) is 0 Å². The predicted octanol–water partition coefficient (Wildman–Crippen LogP) is 0.552. The molecule has 1 aromatic rings. The highest BCUT2D eigenvalue weighted by molar-refractivity contribution is 7.09. The lowest BCUT2D eigenvalue weighted by atomic mass is 10.0. The Morgan fingerprint density at radius 3 is 2.89 bits per heavy atom. The molecule has 0 bridgehead atoms. The molecular weight excluding hydrogens is 268 g/mol. The van der Waals surface area contributed by atoms with E-state index in [4.69, 9.17) is 9.84 Å². The fraction of sp³-hybridized carbons (Fsp3) is 0.583. The number of hydrogen-bond acceptors (Lipinski definition) is 5. The second-order valence-electron chi connectivity index (χ2n) is 4.59. The third-order valence-corrected chi connectivity index (χ3v) is 4.08. The van der Waals surface area contributed by atoms with Gasteiger partial charge in [0.05, 0.1) is 36.4 Å². The van der Waals surface area contributed by atoms with E-state index in [1.165, 1.54) is 16.2 Å². The van der Waals surface area contributed by atoms with Crippen molar-refractivity contribution in [3.8, 4) is 0 Å². The Hall–Kier alpha value is -1.47. The van der Waals surface area contributed by atoms with Crippen molar-refractivity contribution >= 4 is 23.2 Å². The first-order chi connectivity index (χ1) is 8.99. The number of nitrogens with zero attached hydrogens (tertiary/aromatic N) is 2. The number of aromatic nitrogens is 1. The van der Waals surface area contributed by atoms with Gasteiger partial charge in [0.1, 0.15) is 5.92 Å². The van der Waals surface area contributed by atoms with E-state index in [1.54, 1.807) is 7.05 Å². The number of ether oxygens (including phenoxy) is 1. The SMILES string of the molecule is Cc1nc(CC(=O)N(C)C2COCC2C(=O)O)cs1. The van der Waals surface area contributed by atoms with Gasteiger partial charge in [0, 0.05) is 12.4 Å². The van der Waals surface area contributed by atoms with Crippen molar-refractivity contribution in [1.82, 2.24) is 9.88 Å². The minimum absolute atomic E-state index is 0.132. The van der Waals surface area contributed by atoms with Crippen LogP contribution in [0.3, 0.4) is 0 Å². The summed E-state index contributed by atoms with van der Waals surface area (Å²) in [6.45, 7) is 2.32. The highest BCUT2D eigenvalue weighted by atomic mass is 32.1. The molecule has 0 aromatic carbocycles. The number of aliphatic carboxylic acids is 1. The summed E-state index contributed by atoms with van der Waals surface area (Å²) >= 11 is 1.50. The van der Waals surface area contributed by atoms with Crippen LogP contribution in [0.25, 0.3) is 0 Å². The Labute approximate surface area is 115 Å². The van der Waals surface area contributed by atoms with Crippen LogP contribution in [0.4, 0.5) is 0 Å². The predicted molar refractivity (Wildman–Crippen MR) is 69.1 cm³/mol. The van der Waals surface area contributed by atoms with Crippen LogP contribution in [0.2, 0.25) is 0 Å². The van der Waals surface area contributed by atoms with E-state index >= 15 is 0 Å². The summed E-state index contributed by atoms with van der Waals surface area (Å²) in [5, 5.41) is 11.8. The Morgan fingerprint density at radius 2 is 2.32 bits per heavy atom. The summed E-state index contributed by atoms with van der Waals surface area (Å²) in [6, 6.07) is -0.398. The molecule has 104 valence electrons. The van der Waals surface area contributed by atoms with Gasteiger partial charge >= 0.3 is 5.97 Å². The number of carbonyl (C=O) groups excluding carboxylic acids is 1. The van der Waals surface area contributed by atoms with Gasteiger partial charge in [0.15, 0.2) is 0 Å².